The minimum Gasteiger partial charge on any atom is -0.385 e. The molecule has 0 bridgehead atoms. The fourth-order valence-electron chi connectivity index (χ4n) is 1.33. The SMILES string of the molecule is CN(C)[Si](Cl)(O[Si](Cl)(N(C)C)N(C)C)N(C)C. The molecule has 0 unspecified atom stereocenters. The van der Waals surface area contributed by atoms with Crippen LogP contribution in [0.2, 0.25) is 0 Å². The molecule has 0 aromatic rings. The molecule has 0 fully saturated rings. The molecule has 0 aliphatic heterocycles. The van der Waals surface area contributed by atoms with E-state index in [0.717, 1.165) is 0 Å². The van der Waals surface area contributed by atoms with Gasteiger partial charge < -0.3 is 4.12 Å². The van der Waals surface area contributed by atoms with E-state index in [4.69, 9.17) is 26.3 Å². The second-order valence-electron chi connectivity index (χ2n) is 4.74. The zero-order chi connectivity index (χ0) is 14.0. The number of nitrogens with zero attached hydrogens (tertiary/aromatic N) is 4. The molecular weight excluding hydrogens is 295 g/mol. The molecule has 0 spiro atoms. The van der Waals surface area contributed by atoms with Crippen LogP contribution in [0.15, 0.2) is 0 Å². The molecule has 0 amide bonds. The van der Waals surface area contributed by atoms with E-state index in [1.165, 1.54) is 0 Å². The molecule has 0 aliphatic carbocycles. The maximum Gasteiger partial charge on any atom is 0.454 e. The van der Waals surface area contributed by atoms with Gasteiger partial charge in [-0.3, -0.25) is 18.3 Å². The third-order valence-corrected chi connectivity index (χ3v) is 14.4. The Hall–Kier alpha value is 0.814. The molecule has 0 aromatic heterocycles. The van der Waals surface area contributed by atoms with E-state index in [9.17, 15) is 0 Å². The topological polar surface area (TPSA) is 22.2 Å². The van der Waals surface area contributed by atoms with E-state index in [0.29, 0.717) is 0 Å². The Labute approximate surface area is 117 Å². The third-order valence-electron chi connectivity index (χ3n) is 2.47. The minimum atomic E-state index is -2.68. The molecule has 0 saturated carbocycles. The highest BCUT2D eigenvalue weighted by atomic mass is 35.6. The van der Waals surface area contributed by atoms with Gasteiger partial charge >= 0.3 is 15.9 Å². The molecule has 0 atom stereocenters. The van der Waals surface area contributed by atoms with Gasteiger partial charge in [-0.2, -0.15) is 0 Å². The molecule has 0 radical (unpaired) electrons. The highest BCUT2D eigenvalue weighted by Gasteiger charge is 2.53. The van der Waals surface area contributed by atoms with Gasteiger partial charge in [-0.25, -0.2) is 0 Å². The number of hydrogen-bond acceptors (Lipinski definition) is 5. The molecule has 17 heavy (non-hydrogen) atoms. The number of rotatable bonds is 6. The van der Waals surface area contributed by atoms with E-state index in [1.807, 2.05) is 74.6 Å². The van der Waals surface area contributed by atoms with E-state index >= 15 is 0 Å². The average molecular weight is 319 g/mol. The van der Waals surface area contributed by atoms with E-state index in [2.05, 4.69) is 0 Å². The molecule has 104 valence electrons. The lowest BCUT2D eigenvalue weighted by molar-refractivity contribution is 0.297. The van der Waals surface area contributed by atoms with Crippen LogP contribution in [-0.2, 0) is 4.12 Å². The predicted octanol–water partition coefficient (Wildman–Crippen LogP) is 0.598. The van der Waals surface area contributed by atoms with Gasteiger partial charge in [0.2, 0.25) is 0 Å². The Bertz CT molecular complexity index is 214. The maximum absolute atomic E-state index is 6.65. The van der Waals surface area contributed by atoms with Crippen LogP contribution in [0.4, 0.5) is 0 Å². The van der Waals surface area contributed by atoms with Crippen molar-refractivity contribution in [3.05, 3.63) is 0 Å². The van der Waals surface area contributed by atoms with Gasteiger partial charge in [0.05, 0.1) is 0 Å². The highest BCUT2D eigenvalue weighted by molar-refractivity contribution is 7.22. The van der Waals surface area contributed by atoms with Crippen molar-refractivity contribution >= 4 is 38.1 Å². The first-order chi connectivity index (χ1) is 7.48. The van der Waals surface area contributed by atoms with Crippen LogP contribution in [-0.4, -0.2) is 90.5 Å². The largest absolute Gasteiger partial charge is 0.454 e. The Morgan fingerprint density at radius 1 is 0.588 bits per heavy atom. The smallest absolute Gasteiger partial charge is 0.385 e. The second-order valence-corrected chi connectivity index (χ2v) is 14.2. The van der Waals surface area contributed by atoms with Gasteiger partial charge in [-0.15, -0.1) is 0 Å². The van der Waals surface area contributed by atoms with Crippen molar-refractivity contribution in [2.75, 3.05) is 56.4 Å². The third kappa shape index (κ3) is 3.89. The summed E-state index contributed by atoms with van der Waals surface area (Å²) < 4.78 is 13.9. The Balaban J connectivity index is 5.22. The van der Waals surface area contributed by atoms with E-state index < -0.39 is 15.9 Å². The van der Waals surface area contributed by atoms with Crippen LogP contribution in [0.1, 0.15) is 0 Å². The summed E-state index contributed by atoms with van der Waals surface area (Å²) in [6.45, 7) is 0. The summed E-state index contributed by atoms with van der Waals surface area (Å²) in [6.07, 6.45) is 0. The first-order valence-electron chi connectivity index (χ1n) is 5.26. The zero-order valence-corrected chi connectivity index (χ0v) is 15.5. The van der Waals surface area contributed by atoms with E-state index in [-0.39, 0.29) is 0 Å². The zero-order valence-electron chi connectivity index (χ0n) is 12.0. The predicted molar refractivity (Wildman–Crippen MR) is 79.0 cm³/mol. The van der Waals surface area contributed by atoms with Crippen molar-refractivity contribution in [3.8, 4) is 0 Å². The van der Waals surface area contributed by atoms with Crippen molar-refractivity contribution in [1.29, 1.82) is 0 Å². The lowest BCUT2D eigenvalue weighted by atomic mass is 11.3. The van der Waals surface area contributed by atoms with E-state index in [1.54, 1.807) is 0 Å². The number of hydrogen-bond donors (Lipinski definition) is 0. The summed E-state index contributed by atoms with van der Waals surface area (Å²) in [5, 5.41) is 0. The fourth-order valence-corrected chi connectivity index (χ4v) is 9.47. The summed E-state index contributed by atoms with van der Waals surface area (Å²) in [4.78, 5) is 0. The van der Waals surface area contributed by atoms with Crippen LogP contribution in [0, 0.1) is 0 Å². The Kier molecular flexibility index (Phi) is 6.61. The molecular formula is C8H24Cl2N4OSi2. The van der Waals surface area contributed by atoms with Gasteiger partial charge in [-0.1, -0.05) is 22.2 Å². The molecule has 0 saturated heterocycles. The van der Waals surface area contributed by atoms with Crippen molar-refractivity contribution in [3.63, 3.8) is 0 Å². The standard InChI is InChI=1S/C8H24Cl2N4OSi2/c1-11(2)16(9,12(3)4)15-17(10,13(5)6)14(7)8/h1-8H3. The second kappa shape index (κ2) is 6.31. The normalized spacial score (nSPS) is 14.5. The number of halogens is 2. The lowest BCUT2D eigenvalue weighted by Gasteiger charge is -2.44. The molecule has 0 aromatic carbocycles. The summed E-state index contributed by atoms with van der Waals surface area (Å²) in [7, 11) is 9.94. The van der Waals surface area contributed by atoms with Crippen LogP contribution in [0.25, 0.3) is 0 Å². The summed E-state index contributed by atoms with van der Waals surface area (Å²) in [6, 6.07) is 0. The van der Waals surface area contributed by atoms with Gasteiger partial charge in [0.1, 0.15) is 0 Å². The molecule has 0 rings (SSSR count). The molecule has 9 heteroatoms. The summed E-state index contributed by atoms with van der Waals surface area (Å²) in [5.41, 5.74) is 0. The average Bonchev–Trinajstić information content (AvgIpc) is 2.15. The van der Waals surface area contributed by atoms with Crippen LogP contribution >= 0.6 is 22.2 Å². The highest BCUT2D eigenvalue weighted by Crippen LogP contribution is 2.26. The van der Waals surface area contributed by atoms with Crippen molar-refractivity contribution < 1.29 is 4.12 Å². The fraction of sp³-hybridized carbons (Fsp3) is 1.00. The molecule has 0 N–H and O–H groups in total. The van der Waals surface area contributed by atoms with Gasteiger partial charge in [0.25, 0.3) is 0 Å². The first-order valence-corrected chi connectivity index (χ1v) is 10.9. The van der Waals surface area contributed by atoms with Crippen molar-refractivity contribution in [2.24, 2.45) is 0 Å². The molecule has 0 heterocycles. The Morgan fingerprint density at radius 2 is 0.765 bits per heavy atom. The Morgan fingerprint density at radius 3 is 0.882 bits per heavy atom. The van der Waals surface area contributed by atoms with Crippen LogP contribution < -0.4 is 0 Å². The van der Waals surface area contributed by atoms with Crippen LogP contribution in [0.3, 0.4) is 0 Å². The molecule has 5 nitrogen and oxygen atoms in total. The van der Waals surface area contributed by atoms with Crippen molar-refractivity contribution in [2.45, 2.75) is 0 Å². The van der Waals surface area contributed by atoms with Crippen LogP contribution in [0.5, 0.6) is 0 Å². The summed E-state index contributed by atoms with van der Waals surface area (Å²) in [5.74, 6) is 0. The van der Waals surface area contributed by atoms with Gasteiger partial charge in [-0.05, 0) is 56.4 Å². The minimum absolute atomic E-state index is 1.91. The van der Waals surface area contributed by atoms with Gasteiger partial charge in [0, 0.05) is 0 Å². The maximum atomic E-state index is 6.65. The lowest BCUT2D eigenvalue weighted by Crippen LogP contribution is -2.70. The first kappa shape index (κ1) is 17.8. The quantitative estimate of drug-likeness (QED) is 0.527. The monoisotopic (exact) mass is 318 g/mol. The van der Waals surface area contributed by atoms with Crippen molar-refractivity contribution in [1.82, 2.24) is 18.3 Å². The summed E-state index contributed by atoms with van der Waals surface area (Å²) >= 11 is 13.3. The molecule has 0 aliphatic rings. The van der Waals surface area contributed by atoms with Gasteiger partial charge in [0.15, 0.2) is 0 Å².